The summed E-state index contributed by atoms with van der Waals surface area (Å²) in [6.07, 6.45) is 2.05. The van der Waals surface area contributed by atoms with Gasteiger partial charge in [-0.05, 0) is 37.0 Å². The molecular weight excluding hydrogens is 422 g/mol. The van der Waals surface area contributed by atoms with Crippen LogP contribution in [0.4, 0.5) is 0 Å². The Labute approximate surface area is 188 Å². The molecule has 0 aliphatic carbocycles. The molecule has 2 aliphatic heterocycles. The van der Waals surface area contributed by atoms with Crippen LogP contribution in [0.15, 0.2) is 69.9 Å². The third-order valence-corrected chi connectivity index (χ3v) is 6.81. The van der Waals surface area contributed by atoms with E-state index in [-0.39, 0.29) is 23.4 Å². The second-order valence-electron chi connectivity index (χ2n) is 7.75. The smallest absolute Gasteiger partial charge is 0.281 e. The molecule has 5 rings (SSSR count). The van der Waals surface area contributed by atoms with Gasteiger partial charge in [0.2, 0.25) is 4.80 Å². The number of aryl methyl sites for hydroxylation is 2. The third-order valence-electron chi connectivity index (χ3n) is 5.78. The molecule has 0 unspecified atom stereocenters. The quantitative estimate of drug-likeness (QED) is 0.461. The number of imide groups is 1. The Bertz CT molecular complexity index is 1440. The average molecular weight is 442 g/mol. The average Bonchev–Trinajstić information content (AvgIpc) is 3.17. The lowest BCUT2D eigenvalue weighted by Gasteiger charge is -2.26. The zero-order valence-corrected chi connectivity index (χ0v) is 18.2. The SMILES string of the molecule is CC1=C(C#N)C(=O)N(Cc2ccccc2)C(=O)/C1=N/N=c1\sc2cccc3c2n1CCC3. The number of rotatable bonds is 3. The van der Waals surface area contributed by atoms with Gasteiger partial charge in [-0.25, -0.2) is 0 Å². The maximum absolute atomic E-state index is 13.2. The van der Waals surface area contributed by atoms with E-state index in [1.165, 1.54) is 22.4 Å². The lowest BCUT2D eigenvalue weighted by Crippen LogP contribution is -2.46. The Morgan fingerprint density at radius 1 is 1.06 bits per heavy atom. The Hall–Kier alpha value is -3.83. The molecule has 0 radical (unpaired) electrons. The number of para-hydroxylation sites is 1. The van der Waals surface area contributed by atoms with Gasteiger partial charge in [0, 0.05) is 12.1 Å². The summed E-state index contributed by atoms with van der Waals surface area (Å²) >= 11 is 1.52. The van der Waals surface area contributed by atoms with Gasteiger partial charge in [-0.1, -0.05) is 53.8 Å². The lowest BCUT2D eigenvalue weighted by molar-refractivity contribution is -0.139. The monoisotopic (exact) mass is 441 g/mol. The number of nitriles is 1. The summed E-state index contributed by atoms with van der Waals surface area (Å²) in [7, 11) is 0. The predicted molar refractivity (Wildman–Crippen MR) is 121 cm³/mol. The number of amides is 2. The standard InChI is InChI=1S/C24H19N5O2S/c1-15-18(13-25)22(30)29(14-16-7-3-2-4-8-16)23(31)20(15)26-27-24-28-12-6-10-17-9-5-11-19(32-24)21(17)28/h2-5,7-9,11H,6,10,12,14H2,1H3/b26-20+,27-24-. The van der Waals surface area contributed by atoms with Crippen molar-refractivity contribution >= 4 is 39.1 Å². The molecule has 0 N–H and O–H groups in total. The topological polar surface area (TPSA) is 90.8 Å². The van der Waals surface area contributed by atoms with Crippen molar-refractivity contribution in [3.8, 4) is 6.07 Å². The largest absolute Gasteiger partial charge is 0.315 e. The molecule has 0 atom stereocenters. The Morgan fingerprint density at radius 2 is 1.88 bits per heavy atom. The van der Waals surface area contributed by atoms with Crippen molar-refractivity contribution in [2.45, 2.75) is 32.9 Å². The highest BCUT2D eigenvalue weighted by atomic mass is 32.1. The van der Waals surface area contributed by atoms with Crippen LogP contribution in [0.1, 0.15) is 24.5 Å². The van der Waals surface area contributed by atoms with E-state index in [1.807, 2.05) is 42.5 Å². The second kappa shape index (κ2) is 8.02. The van der Waals surface area contributed by atoms with Gasteiger partial charge in [-0.15, -0.1) is 10.2 Å². The summed E-state index contributed by atoms with van der Waals surface area (Å²) in [6.45, 7) is 2.48. The Morgan fingerprint density at radius 3 is 2.66 bits per heavy atom. The molecule has 32 heavy (non-hydrogen) atoms. The molecule has 0 bridgehead atoms. The van der Waals surface area contributed by atoms with Crippen LogP contribution in [0.2, 0.25) is 0 Å². The van der Waals surface area contributed by atoms with E-state index in [9.17, 15) is 14.9 Å². The van der Waals surface area contributed by atoms with Crippen molar-refractivity contribution in [3.05, 3.63) is 75.6 Å². The van der Waals surface area contributed by atoms with Crippen molar-refractivity contribution < 1.29 is 9.59 Å². The fourth-order valence-corrected chi connectivity index (χ4v) is 5.22. The molecule has 1 aromatic heterocycles. The highest BCUT2D eigenvalue weighted by molar-refractivity contribution is 7.16. The molecule has 8 heteroatoms. The fraction of sp³-hybridized carbons (Fsp3) is 0.208. The number of nitrogens with zero attached hydrogens (tertiary/aromatic N) is 5. The molecule has 0 saturated heterocycles. The van der Waals surface area contributed by atoms with E-state index in [1.54, 1.807) is 6.92 Å². The normalized spacial score (nSPS) is 18.1. The van der Waals surface area contributed by atoms with Crippen LogP contribution in [0.25, 0.3) is 10.2 Å². The van der Waals surface area contributed by atoms with Crippen LogP contribution in [0.3, 0.4) is 0 Å². The van der Waals surface area contributed by atoms with Crippen LogP contribution in [-0.2, 0) is 29.1 Å². The Kier molecular flexibility index (Phi) is 5.04. The molecule has 2 aromatic carbocycles. The maximum atomic E-state index is 13.2. The van der Waals surface area contributed by atoms with E-state index < -0.39 is 11.8 Å². The van der Waals surface area contributed by atoms with Crippen molar-refractivity contribution in [2.24, 2.45) is 10.2 Å². The number of benzene rings is 2. The Balaban J connectivity index is 1.61. The first-order valence-electron chi connectivity index (χ1n) is 10.3. The van der Waals surface area contributed by atoms with Crippen LogP contribution in [0, 0.1) is 11.3 Å². The zero-order chi connectivity index (χ0) is 22.2. The van der Waals surface area contributed by atoms with Gasteiger partial charge >= 0.3 is 0 Å². The van der Waals surface area contributed by atoms with E-state index in [0.717, 1.165) is 34.5 Å². The van der Waals surface area contributed by atoms with Gasteiger partial charge in [0.25, 0.3) is 11.8 Å². The zero-order valence-electron chi connectivity index (χ0n) is 17.4. The van der Waals surface area contributed by atoms with Crippen LogP contribution >= 0.6 is 11.3 Å². The van der Waals surface area contributed by atoms with Crippen LogP contribution in [0.5, 0.6) is 0 Å². The molecule has 0 saturated carbocycles. The van der Waals surface area contributed by atoms with E-state index in [0.29, 0.717) is 4.80 Å². The van der Waals surface area contributed by atoms with Crippen molar-refractivity contribution in [3.63, 3.8) is 0 Å². The molecule has 0 fully saturated rings. The molecule has 0 spiro atoms. The van der Waals surface area contributed by atoms with Gasteiger partial charge in [0.15, 0.2) is 5.71 Å². The molecule has 158 valence electrons. The first-order valence-corrected chi connectivity index (χ1v) is 11.1. The first-order chi connectivity index (χ1) is 15.6. The fourth-order valence-electron chi connectivity index (χ4n) is 4.16. The molecule has 3 heterocycles. The number of aromatic nitrogens is 1. The maximum Gasteiger partial charge on any atom is 0.281 e. The van der Waals surface area contributed by atoms with Gasteiger partial charge in [0.05, 0.1) is 16.8 Å². The minimum atomic E-state index is -0.603. The number of hydrogen-bond acceptors (Lipinski definition) is 6. The summed E-state index contributed by atoms with van der Waals surface area (Å²) in [6, 6.07) is 17.4. The predicted octanol–water partition coefficient (Wildman–Crippen LogP) is 3.31. The first kappa shape index (κ1) is 20.1. The number of carbonyl (C=O) groups excluding carboxylic acids is 2. The summed E-state index contributed by atoms with van der Waals surface area (Å²) in [5, 5.41) is 18.3. The van der Waals surface area contributed by atoms with Crippen LogP contribution in [-0.4, -0.2) is 27.0 Å². The van der Waals surface area contributed by atoms with Crippen molar-refractivity contribution in [1.82, 2.24) is 9.47 Å². The number of hydrogen-bond donors (Lipinski definition) is 0. The molecule has 3 aromatic rings. The van der Waals surface area contributed by atoms with Crippen LogP contribution < -0.4 is 4.80 Å². The van der Waals surface area contributed by atoms with Gasteiger partial charge in [-0.2, -0.15) is 5.26 Å². The summed E-state index contributed by atoms with van der Waals surface area (Å²) in [5.74, 6) is -1.15. The highest BCUT2D eigenvalue weighted by Gasteiger charge is 2.37. The van der Waals surface area contributed by atoms with E-state index in [4.69, 9.17) is 0 Å². The van der Waals surface area contributed by atoms with Gasteiger partial charge in [0.1, 0.15) is 11.6 Å². The van der Waals surface area contributed by atoms with E-state index in [2.05, 4.69) is 26.9 Å². The minimum absolute atomic E-state index is 0.0263. The minimum Gasteiger partial charge on any atom is -0.315 e. The molecule has 7 nitrogen and oxygen atoms in total. The van der Waals surface area contributed by atoms with Gasteiger partial charge < -0.3 is 4.57 Å². The summed E-state index contributed by atoms with van der Waals surface area (Å²) < 4.78 is 3.26. The number of carbonyl (C=O) groups is 2. The number of thiazole rings is 1. The highest BCUT2D eigenvalue weighted by Crippen LogP contribution is 2.26. The van der Waals surface area contributed by atoms with Gasteiger partial charge in [-0.3, -0.25) is 14.5 Å². The lowest BCUT2D eigenvalue weighted by atomic mass is 9.98. The summed E-state index contributed by atoms with van der Waals surface area (Å²) in [4.78, 5) is 27.8. The molecule has 2 amide bonds. The summed E-state index contributed by atoms with van der Waals surface area (Å²) in [5.41, 5.74) is 3.45. The van der Waals surface area contributed by atoms with E-state index >= 15 is 0 Å². The third kappa shape index (κ3) is 3.27. The molecule has 2 aliphatic rings. The second-order valence-corrected chi connectivity index (χ2v) is 8.76. The van der Waals surface area contributed by atoms with Crippen molar-refractivity contribution in [2.75, 3.05) is 0 Å². The van der Waals surface area contributed by atoms with Crippen molar-refractivity contribution in [1.29, 1.82) is 5.26 Å². The molecular formula is C24H19N5O2S.